The lowest BCUT2D eigenvalue weighted by Crippen LogP contribution is -2.48. The number of hydrazine groups is 1. The summed E-state index contributed by atoms with van der Waals surface area (Å²) in [6.07, 6.45) is -0.252. The van der Waals surface area contributed by atoms with Crippen LogP contribution >= 0.6 is 0 Å². The van der Waals surface area contributed by atoms with Gasteiger partial charge < -0.3 is 5.11 Å². The van der Waals surface area contributed by atoms with Crippen molar-refractivity contribution in [3.63, 3.8) is 0 Å². The Hall–Kier alpha value is -0.160. The second-order valence-electron chi connectivity index (χ2n) is 3.98. The molecule has 4 heteroatoms. The Balaban J connectivity index is 2.10. The van der Waals surface area contributed by atoms with E-state index in [1.807, 2.05) is 6.92 Å². The molecule has 2 aliphatic rings. The number of nitrogens with one attached hydrogen (secondary N) is 2. The highest BCUT2D eigenvalue weighted by atomic mass is 16.3. The topological polar surface area (TPSA) is 47.5 Å². The molecule has 0 aromatic carbocycles. The molecule has 12 heavy (non-hydrogen) atoms. The van der Waals surface area contributed by atoms with Crippen LogP contribution in [0.3, 0.4) is 0 Å². The fourth-order valence-corrected chi connectivity index (χ4v) is 2.53. The van der Waals surface area contributed by atoms with E-state index in [-0.39, 0.29) is 12.1 Å². The molecule has 70 valence electrons. The summed E-state index contributed by atoms with van der Waals surface area (Å²) in [6, 6.07) is 0.694. The Labute approximate surface area is 72.9 Å². The molecule has 0 spiro atoms. The van der Waals surface area contributed by atoms with Crippen molar-refractivity contribution >= 4 is 0 Å². The minimum absolute atomic E-state index is 0.252. The molecule has 0 bridgehead atoms. The summed E-state index contributed by atoms with van der Waals surface area (Å²) >= 11 is 0. The summed E-state index contributed by atoms with van der Waals surface area (Å²) < 4.78 is 0. The number of rotatable bonds is 1. The van der Waals surface area contributed by atoms with Gasteiger partial charge in [0, 0.05) is 25.0 Å². The van der Waals surface area contributed by atoms with Gasteiger partial charge in [-0.15, -0.1) is 0 Å². The zero-order chi connectivity index (χ0) is 8.72. The maximum absolute atomic E-state index is 9.56. The fraction of sp³-hybridized carbons (Fsp3) is 1.00. The minimum atomic E-state index is -0.252. The van der Waals surface area contributed by atoms with Crippen LogP contribution in [0.5, 0.6) is 0 Å². The average Bonchev–Trinajstić information content (AvgIpc) is 2.44. The molecule has 2 heterocycles. The van der Waals surface area contributed by atoms with Gasteiger partial charge in [-0.05, 0) is 14.0 Å². The molecule has 0 aliphatic carbocycles. The van der Waals surface area contributed by atoms with Crippen molar-refractivity contribution < 1.29 is 5.11 Å². The van der Waals surface area contributed by atoms with Crippen molar-refractivity contribution in [3.8, 4) is 0 Å². The van der Waals surface area contributed by atoms with Crippen LogP contribution in [0.25, 0.3) is 0 Å². The number of hydrogen-bond acceptors (Lipinski definition) is 4. The Kier molecular flexibility index (Phi) is 2.08. The van der Waals surface area contributed by atoms with Crippen molar-refractivity contribution in [1.82, 2.24) is 15.8 Å². The van der Waals surface area contributed by atoms with Crippen LogP contribution in [-0.2, 0) is 0 Å². The second kappa shape index (κ2) is 2.96. The summed E-state index contributed by atoms with van der Waals surface area (Å²) in [7, 11) is 2.08. The summed E-state index contributed by atoms with van der Waals surface area (Å²) in [5, 5.41) is 9.56. The van der Waals surface area contributed by atoms with Crippen LogP contribution in [0.1, 0.15) is 6.92 Å². The van der Waals surface area contributed by atoms with Gasteiger partial charge in [-0.2, -0.15) is 0 Å². The number of fused-ring (bicyclic) bond motifs is 1. The number of likely N-dealkylation sites (N-methyl/N-ethyl adjacent to an activating group) is 1. The minimum Gasteiger partial charge on any atom is -0.392 e. The normalized spacial score (nSPS) is 44.8. The number of nitrogens with zero attached hydrogens (tertiary/aromatic N) is 1. The first-order valence-electron chi connectivity index (χ1n) is 4.57. The van der Waals surface area contributed by atoms with E-state index in [0.717, 1.165) is 13.1 Å². The SMILES string of the molecule is CC(O)C1C2NNCC2CN1C. The molecule has 4 atom stereocenters. The van der Waals surface area contributed by atoms with Gasteiger partial charge in [-0.3, -0.25) is 15.8 Å². The van der Waals surface area contributed by atoms with E-state index < -0.39 is 0 Å². The van der Waals surface area contributed by atoms with Gasteiger partial charge in [-0.1, -0.05) is 0 Å². The molecule has 2 saturated heterocycles. The van der Waals surface area contributed by atoms with Crippen LogP contribution in [0, 0.1) is 5.92 Å². The Bertz CT molecular complexity index is 174. The van der Waals surface area contributed by atoms with Gasteiger partial charge in [0.2, 0.25) is 0 Å². The molecule has 0 saturated carbocycles. The first-order valence-corrected chi connectivity index (χ1v) is 4.57. The summed E-state index contributed by atoms with van der Waals surface area (Å²) in [5.41, 5.74) is 6.37. The molecule has 3 N–H and O–H groups in total. The quantitative estimate of drug-likeness (QED) is 0.462. The fourth-order valence-electron chi connectivity index (χ4n) is 2.53. The lowest BCUT2D eigenvalue weighted by atomic mass is 9.98. The van der Waals surface area contributed by atoms with Gasteiger partial charge >= 0.3 is 0 Å². The van der Waals surface area contributed by atoms with E-state index in [1.165, 1.54) is 0 Å². The third kappa shape index (κ3) is 1.15. The van der Waals surface area contributed by atoms with Crippen LogP contribution in [0.15, 0.2) is 0 Å². The van der Waals surface area contributed by atoms with Gasteiger partial charge in [0.05, 0.1) is 12.1 Å². The average molecular weight is 171 g/mol. The van der Waals surface area contributed by atoms with E-state index in [2.05, 4.69) is 22.8 Å². The molecular weight excluding hydrogens is 154 g/mol. The lowest BCUT2D eigenvalue weighted by molar-refractivity contribution is 0.0867. The predicted molar refractivity (Wildman–Crippen MR) is 46.5 cm³/mol. The number of aliphatic hydroxyl groups excluding tert-OH is 1. The van der Waals surface area contributed by atoms with E-state index >= 15 is 0 Å². The highest BCUT2D eigenvalue weighted by molar-refractivity contribution is 5.01. The van der Waals surface area contributed by atoms with E-state index in [4.69, 9.17) is 0 Å². The summed E-state index contributed by atoms with van der Waals surface area (Å²) in [4.78, 5) is 2.24. The van der Waals surface area contributed by atoms with Crippen molar-refractivity contribution in [2.75, 3.05) is 20.1 Å². The first kappa shape index (κ1) is 8.44. The molecular formula is C8H17N3O. The Morgan fingerprint density at radius 2 is 2.33 bits per heavy atom. The number of aliphatic hydroxyl groups is 1. The van der Waals surface area contributed by atoms with E-state index in [0.29, 0.717) is 12.0 Å². The molecule has 0 aromatic rings. The Morgan fingerprint density at radius 3 is 3.00 bits per heavy atom. The van der Waals surface area contributed by atoms with Gasteiger partial charge in [0.25, 0.3) is 0 Å². The molecule has 0 radical (unpaired) electrons. The van der Waals surface area contributed by atoms with Crippen molar-refractivity contribution in [1.29, 1.82) is 0 Å². The monoisotopic (exact) mass is 171 g/mol. The maximum atomic E-state index is 9.56. The van der Waals surface area contributed by atoms with Gasteiger partial charge in [0.15, 0.2) is 0 Å². The standard InChI is InChI=1S/C8H17N3O/c1-5(12)8-7-6(3-9-10-7)4-11(8)2/h5-10,12H,3-4H2,1-2H3. The van der Waals surface area contributed by atoms with Crippen molar-refractivity contribution in [2.24, 2.45) is 5.92 Å². The largest absolute Gasteiger partial charge is 0.392 e. The van der Waals surface area contributed by atoms with E-state index in [9.17, 15) is 5.11 Å². The first-order chi connectivity index (χ1) is 5.70. The molecule has 4 unspecified atom stereocenters. The molecule has 0 aromatic heterocycles. The van der Waals surface area contributed by atoms with Crippen LogP contribution < -0.4 is 10.9 Å². The predicted octanol–water partition coefficient (Wildman–Crippen LogP) is -1.23. The third-order valence-corrected chi connectivity index (χ3v) is 3.03. The lowest BCUT2D eigenvalue weighted by Gasteiger charge is -2.26. The maximum Gasteiger partial charge on any atom is 0.0683 e. The smallest absolute Gasteiger partial charge is 0.0683 e. The van der Waals surface area contributed by atoms with Crippen molar-refractivity contribution in [2.45, 2.75) is 25.1 Å². The molecule has 2 rings (SSSR count). The Morgan fingerprint density at radius 1 is 1.58 bits per heavy atom. The zero-order valence-electron chi connectivity index (χ0n) is 7.62. The van der Waals surface area contributed by atoms with E-state index in [1.54, 1.807) is 0 Å². The van der Waals surface area contributed by atoms with Crippen LogP contribution in [0.2, 0.25) is 0 Å². The van der Waals surface area contributed by atoms with Crippen LogP contribution in [0.4, 0.5) is 0 Å². The molecule has 0 amide bonds. The molecule has 2 aliphatic heterocycles. The van der Waals surface area contributed by atoms with Crippen molar-refractivity contribution in [3.05, 3.63) is 0 Å². The highest BCUT2D eigenvalue weighted by Crippen LogP contribution is 2.26. The third-order valence-electron chi connectivity index (χ3n) is 3.03. The summed E-state index contributed by atoms with van der Waals surface area (Å²) in [5.74, 6) is 0.662. The summed E-state index contributed by atoms with van der Waals surface area (Å²) in [6.45, 7) is 3.97. The number of likely N-dealkylation sites (tertiary alicyclic amines) is 1. The molecule has 2 fully saturated rings. The number of hydrogen-bond donors (Lipinski definition) is 3. The molecule has 4 nitrogen and oxygen atoms in total. The van der Waals surface area contributed by atoms with Gasteiger partial charge in [0.1, 0.15) is 0 Å². The second-order valence-corrected chi connectivity index (χ2v) is 3.98. The highest BCUT2D eigenvalue weighted by Gasteiger charge is 2.44. The zero-order valence-corrected chi connectivity index (χ0v) is 7.62. The van der Waals surface area contributed by atoms with Gasteiger partial charge in [-0.25, -0.2) is 0 Å². The van der Waals surface area contributed by atoms with Crippen LogP contribution in [-0.4, -0.2) is 48.3 Å².